The van der Waals surface area contributed by atoms with Crippen LogP contribution >= 0.6 is 0 Å². The van der Waals surface area contributed by atoms with Gasteiger partial charge in [0.25, 0.3) is 0 Å². The Morgan fingerprint density at radius 1 is 1.21 bits per heavy atom. The van der Waals surface area contributed by atoms with Gasteiger partial charge < -0.3 is 9.94 Å². The van der Waals surface area contributed by atoms with Crippen molar-refractivity contribution < 1.29 is 18.7 Å². The maximum absolute atomic E-state index is 13.3. The van der Waals surface area contributed by atoms with Crippen LogP contribution in [0.1, 0.15) is 28.7 Å². The minimum Gasteiger partial charge on any atom is -0.623 e. The van der Waals surface area contributed by atoms with E-state index in [9.17, 15) is 14.4 Å². The molecule has 24 heavy (non-hydrogen) atoms. The smallest absolute Gasteiger partial charge is 0.309 e. The van der Waals surface area contributed by atoms with E-state index in [-0.39, 0.29) is 24.8 Å². The van der Waals surface area contributed by atoms with Gasteiger partial charge in [0.1, 0.15) is 5.82 Å². The van der Waals surface area contributed by atoms with Crippen molar-refractivity contribution in [2.45, 2.75) is 25.8 Å². The van der Waals surface area contributed by atoms with Crippen molar-refractivity contribution in [3.8, 4) is 0 Å². The molecule has 0 radical (unpaired) electrons. The highest BCUT2D eigenvalue weighted by Crippen LogP contribution is 2.24. The molecule has 5 heteroatoms. The molecular formula is C19H18FNO3. The largest absolute Gasteiger partial charge is 0.623 e. The van der Waals surface area contributed by atoms with Crippen LogP contribution in [0.2, 0.25) is 0 Å². The Hall–Kier alpha value is -2.69. The number of rotatable bonds is 4. The van der Waals surface area contributed by atoms with Crippen LogP contribution < -0.4 is 0 Å². The van der Waals surface area contributed by atoms with Gasteiger partial charge in [-0.05, 0) is 35.7 Å². The number of benzene rings is 2. The SMILES string of the molecule is COC(=O)Cc1ccccc1C/[N+]([O-])=C1\CCc2cc(F)ccc21. The predicted molar refractivity (Wildman–Crippen MR) is 88.3 cm³/mol. The molecule has 0 amide bonds. The van der Waals surface area contributed by atoms with Gasteiger partial charge in [0.15, 0.2) is 12.3 Å². The standard InChI is InChI=1S/C19H18FNO3/c1-24-19(22)11-13-4-2-3-5-15(13)12-21(23)18-9-6-14-10-16(20)7-8-17(14)18/h2-5,7-8,10H,6,9,11-12H2,1H3/b21-18-. The van der Waals surface area contributed by atoms with Crippen LogP contribution in [-0.4, -0.2) is 23.5 Å². The Balaban J connectivity index is 1.89. The van der Waals surface area contributed by atoms with Crippen LogP contribution in [0, 0.1) is 11.0 Å². The third kappa shape index (κ3) is 3.30. The third-order valence-electron chi connectivity index (χ3n) is 4.31. The Kier molecular flexibility index (Phi) is 4.60. The predicted octanol–water partition coefficient (Wildman–Crippen LogP) is 2.99. The lowest BCUT2D eigenvalue weighted by Crippen LogP contribution is -2.16. The zero-order chi connectivity index (χ0) is 17.1. The summed E-state index contributed by atoms with van der Waals surface area (Å²) in [7, 11) is 1.34. The summed E-state index contributed by atoms with van der Waals surface area (Å²) in [5.41, 5.74) is 3.92. The van der Waals surface area contributed by atoms with Crippen molar-refractivity contribution in [3.05, 3.63) is 75.7 Å². The third-order valence-corrected chi connectivity index (χ3v) is 4.31. The number of methoxy groups -OCH3 is 1. The Morgan fingerprint density at radius 3 is 2.71 bits per heavy atom. The first-order chi connectivity index (χ1) is 11.6. The van der Waals surface area contributed by atoms with E-state index < -0.39 is 0 Å². The van der Waals surface area contributed by atoms with Crippen molar-refractivity contribution in [2.24, 2.45) is 0 Å². The second kappa shape index (κ2) is 6.83. The van der Waals surface area contributed by atoms with Crippen LogP contribution in [0.15, 0.2) is 42.5 Å². The molecular weight excluding hydrogens is 309 g/mol. The summed E-state index contributed by atoms with van der Waals surface area (Å²) in [4.78, 5) is 11.5. The first-order valence-electron chi connectivity index (χ1n) is 7.81. The van der Waals surface area contributed by atoms with Crippen LogP contribution in [0.5, 0.6) is 0 Å². The summed E-state index contributed by atoms with van der Waals surface area (Å²) in [5.74, 6) is -0.620. The van der Waals surface area contributed by atoms with Crippen molar-refractivity contribution in [3.63, 3.8) is 0 Å². The summed E-state index contributed by atoms with van der Waals surface area (Å²) < 4.78 is 18.9. The van der Waals surface area contributed by atoms with E-state index in [4.69, 9.17) is 4.74 Å². The molecule has 0 atom stereocenters. The fourth-order valence-electron chi connectivity index (χ4n) is 3.06. The quantitative estimate of drug-likeness (QED) is 0.375. The average Bonchev–Trinajstić information content (AvgIpc) is 2.99. The molecule has 0 heterocycles. The van der Waals surface area contributed by atoms with Crippen molar-refractivity contribution >= 4 is 11.7 Å². The van der Waals surface area contributed by atoms with Gasteiger partial charge in [-0.25, -0.2) is 9.13 Å². The number of carbonyl (C=O) groups is 1. The highest BCUT2D eigenvalue weighted by molar-refractivity contribution is 6.01. The lowest BCUT2D eigenvalue weighted by Gasteiger charge is -2.11. The van der Waals surface area contributed by atoms with E-state index in [0.29, 0.717) is 18.6 Å². The molecule has 2 aromatic carbocycles. The Morgan fingerprint density at radius 2 is 1.96 bits per heavy atom. The number of aryl methyl sites for hydroxylation is 1. The van der Waals surface area contributed by atoms with E-state index in [0.717, 1.165) is 27.0 Å². The molecule has 1 aliphatic rings. The van der Waals surface area contributed by atoms with Crippen LogP contribution in [-0.2, 0) is 28.9 Å². The summed E-state index contributed by atoms with van der Waals surface area (Å²) in [6, 6.07) is 11.9. The molecule has 3 rings (SSSR count). The molecule has 0 saturated heterocycles. The fraction of sp³-hybridized carbons (Fsp3) is 0.263. The number of hydrogen-bond acceptors (Lipinski definition) is 3. The first-order valence-corrected chi connectivity index (χ1v) is 7.81. The number of hydroxylamine groups is 1. The summed E-state index contributed by atoms with van der Waals surface area (Å²) in [5, 5.41) is 12.6. The van der Waals surface area contributed by atoms with Crippen LogP contribution in [0.4, 0.5) is 4.39 Å². The van der Waals surface area contributed by atoms with Gasteiger partial charge in [0.05, 0.1) is 13.5 Å². The van der Waals surface area contributed by atoms with Gasteiger partial charge in [-0.2, -0.15) is 0 Å². The number of nitrogens with zero attached hydrogens (tertiary/aromatic N) is 1. The van der Waals surface area contributed by atoms with Gasteiger partial charge in [0, 0.05) is 17.5 Å². The molecule has 4 nitrogen and oxygen atoms in total. The summed E-state index contributed by atoms with van der Waals surface area (Å²) in [6.45, 7) is 0.152. The van der Waals surface area contributed by atoms with E-state index in [1.807, 2.05) is 24.3 Å². The minimum absolute atomic E-state index is 0.137. The summed E-state index contributed by atoms with van der Waals surface area (Å²) >= 11 is 0. The molecule has 2 aromatic rings. The van der Waals surface area contributed by atoms with Gasteiger partial charge in [-0.1, -0.05) is 24.3 Å². The molecule has 1 aliphatic carbocycles. The number of carbonyl (C=O) groups excluding carboxylic acids is 1. The zero-order valence-corrected chi connectivity index (χ0v) is 13.4. The number of fused-ring (bicyclic) bond motifs is 1. The second-order valence-corrected chi connectivity index (χ2v) is 5.81. The number of esters is 1. The number of ether oxygens (including phenoxy) is 1. The van der Waals surface area contributed by atoms with Crippen molar-refractivity contribution in [2.75, 3.05) is 7.11 Å². The van der Waals surface area contributed by atoms with Crippen molar-refractivity contribution in [1.29, 1.82) is 0 Å². The maximum atomic E-state index is 13.3. The summed E-state index contributed by atoms with van der Waals surface area (Å²) in [6.07, 6.45) is 1.41. The Bertz CT molecular complexity index is 814. The molecule has 0 N–H and O–H groups in total. The highest BCUT2D eigenvalue weighted by Gasteiger charge is 2.25. The monoisotopic (exact) mass is 327 g/mol. The number of halogens is 1. The van der Waals surface area contributed by atoms with E-state index in [1.54, 1.807) is 6.07 Å². The van der Waals surface area contributed by atoms with Crippen LogP contribution in [0.25, 0.3) is 0 Å². The van der Waals surface area contributed by atoms with Crippen molar-refractivity contribution in [1.82, 2.24) is 0 Å². The topological polar surface area (TPSA) is 52.4 Å². The van der Waals surface area contributed by atoms with Gasteiger partial charge >= 0.3 is 5.97 Å². The van der Waals surface area contributed by atoms with E-state index >= 15 is 0 Å². The normalized spacial score (nSPS) is 15.1. The highest BCUT2D eigenvalue weighted by atomic mass is 19.1. The second-order valence-electron chi connectivity index (χ2n) is 5.81. The lowest BCUT2D eigenvalue weighted by molar-refractivity contribution is -0.475. The minimum atomic E-state index is -0.339. The van der Waals surface area contributed by atoms with E-state index in [2.05, 4.69) is 0 Å². The molecule has 0 spiro atoms. The van der Waals surface area contributed by atoms with Gasteiger partial charge in [0.2, 0.25) is 0 Å². The fourth-order valence-corrected chi connectivity index (χ4v) is 3.06. The van der Waals surface area contributed by atoms with Gasteiger partial charge in [-0.3, -0.25) is 4.79 Å². The number of hydrogen-bond donors (Lipinski definition) is 0. The molecule has 0 fully saturated rings. The maximum Gasteiger partial charge on any atom is 0.309 e. The molecule has 0 bridgehead atoms. The lowest BCUT2D eigenvalue weighted by atomic mass is 10.0. The molecule has 0 aromatic heterocycles. The molecule has 0 aliphatic heterocycles. The molecule has 0 unspecified atom stereocenters. The van der Waals surface area contributed by atoms with Crippen LogP contribution in [0.3, 0.4) is 0 Å². The average molecular weight is 327 g/mol. The van der Waals surface area contributed by atoms with Gasteiger partial charge in [-0.15, -0.1) is 0 Å². The first kappa shape index (κ1) is 16.2. The Labute approximate surface area is 139 Å². The molecule has 124 valence electrons. The molecule has 0 saturated carbocycles. The van der Waals surface area contributed by atoms with E-state index in [1.165, 1.54) is 19.2 Å². The zero-order valence-electron chi connectivity index (χ0n) is 13.4.